The van der Waals surface area contributed by atoms with E-state index in [4.69, 9.17) is 5.73 Å². The topological polar surface area (TPSA) is 26.0 Å². The molecule has 2 N–H and O–H groups in total. The molecule has 1 fully saturated rings. The van der Waals surface area contributed by atoms with Gasteiger partial charge in [-0.3, -0.25) is 0 Å². The van der Waals surface area contributed by atoms with Crippen LogP contribution in [0.25, 0.3) is 0 Å². The monoisotopic (exact) mass is 257 g/mol. The molecule has 0 amide bonds. The van der Waals surface area contributed by atoms with Crippen LogP contribution in [0.2, 0.25) is 0 Å². The minimum absolute atomic E-state index is 0.809. The molecule has 0 bridgehead atoms. The van der Waals surface area contributed by atoms with Gasteiger partial charge in [0.05, 0.1) is 0 Å². The molecule has 0 spiro atoms. The zero-order valence-electron chi connectivity index (χ0n) is 7.29. The molecule has 0 heterocycles. The molecule has 2 rings (SSSR count). The third-order valence-electron chi connectivity index (χ3n) is 2.32. The summed E-state index contributed by atoms with van der Waals surface area (Å²) in [7, 11) is 0. The van der Waals surface area contributed by atoms with E-state index in [0.717, 1.165) is 15.4 Å². The van der Waals surface area contributed by atoms with Gasteiger partial charge in [0.1, 0.15) is 0 Å². The second-order valence-corrected chi connectivity index (χ2v) is 5.61. The van der Waals surface area contributed by atoms with Crippen LogP contribution in [-0.2, 0) is 0 Å². The first kappa shape index (κ1) is 9.41. The highest BCUT2D eigenvalue weighted by Crippen LogP contribution is 2.39. The Morgan fingerprint density at radius 1 is 1.38 bits per heavy atom. The van der Waals surface area contributed by atoms with Crippen molar-refractivity contribution < 1.29 is 0 Å². The second kappa shape index (κ2) is 3.93. The summed E-state index contributed by atoms with van der Waals surface area (Å²) in [6.07, 6.45) is 4.08. The average molecular weight is 258 g/mol. The van der Waals surface area contributed by atoms with E-state index in [9.17, 15) is 0 Å². The van der Waals surface area contributed by atoms with E-state index in [0.29, 0.717) is 0 Å². The Kier molecular flexibility index (Phi) is 2.84. The quantitative estimate of drug-likeness (QED) is 0.819. The highest BCUT2D eigenvalue weighted by molar-refractivity contribution is 9.10. The van der Waals surface area contributed by atoms with E-state index < -0.39 is 0 Å². The average Bonchev–Trinajstić information content (AvgIpc) is 1.99. The van der Waals surface area contributed by atoms with Crippen molar-refractivity contribution in [1.82, 2.24) is 0 Å². The SMILES string of the molecule is Nc1cc(Br)ccc1SC1CCC1. The molecule has 1 aliphatic carbocycles. The Labute approximate surface area is 91.2 Å². The number of hydrogen-bond donors (Lipinski definition) is 1. The van der Waals surface area contributed by atoms with Gasteiger partial charge in [-0.15, -0.1) is 11.8 Å². The van der Waals surface area contributed by atoms with E-state index in [1.165, 1.54) is 24.2 Å². The summed E-state index contributed by atoms with van der Waals surface area (Å²) in [6.45, 7) is 0. The third kappa shape index (κ3) is 2.20. The number of hydrogen-bond acceptors (Lipinski definition) is 2. The van der Waals surface area contributed by atoms with Gasteiger partial charge in [-0.05, 0) is 31.0 Å². The number of benzene rings is 1. The van der Waals surface area contributed by atoms with Gasteiger partial charge in [0.2, 0.25) is 0 Å². The van der Waals surface area contributed by atoms with Crippen molar-refractivity contribution in [2.75, 3.05) is 5.73 Å². The molecule has 0 unspecified atom stereocenters. The predicted molar refractivity (Wildman–Crippen MR) is 62.1 cm³/mol. The predicted octanol–water partition coefficient (Wildman–Crippen LogP) is 3.68. The van der Waals surface area contributed by atoms with Crippen molar-refractivity contribution in [1.29, 1.82) is 0 Å². The molecule has 1 aromatic rings. The van der Waals surface area contributed by atoms with Crippen LogP contribution in [0.15, 0.2) is 27.6 Å². The van der Waals surface area contributed by atoms with Crippen LogP contribution >= 0.6 is 27.7 Å². The number of nitrogen functional groups attached to an aromatic ring is 1. The highest BCUT2D eigenvalue weighted by atomic mass is 79.9. The van der Waals surface area contributed by atoms with Crippen LogP contribution in [0.3, 0.4) is 0 Å². The summed E-state index contributed by atoms with van der Waals surface area (Å²) in [5, 5.41) is 0.809. The van der Waals surface area contributed by atoms with E-state index in [-0.39, 0.29) is 0 Å². The van der Waals surface area contributed by atoms with Gasteiger partial charge in [0.25, 0.3) is 0 Å². The number of halogens is 1. The van der Waals surface area contributed by atoms with E-state index in [1.807, 2.05) is 17.8 Å². The fraction of sp³-hybridized carbons (Fsp3) is 0.400. The smallest absolute Gasteiger partial charge is 0.0463 e. The molecule has 0 saturated heterocycles. The Morgan fingerprint density at radius 3 is 2.69 bits per heavy atom. The van der Waals surface area contributed by atoms with E-state index in [1.54, 1.807) is 0 Å². The number of rotatable bonds is 2. The van der Waals surface area contributed by atoms with Crippen LogP contribution < -0.4 is 5.73 Å². The van der Waals surface area contributed by atoms with Gasteiger partial charge in [-0.2, -0.15) is 0 Å². The normalized spacial score (nSPS) is 17.0. The molecule has 70 valence electrons. The Hall–Kier alpha value is -0.150. The Balaban J connectivity index is 2.10. The maximum absolute atomic E-state index is 5.90. The lowest BCUT2D eigenvalue weighted by molar-refractivity contribution is 0.522. The summed E-state index contributed by atoms with van der Waals surface area (Å²) in [4.78, 5) is 1.23. The molecular formula is C10H12BrNS. The highest BCUT2D eigenvalue weighted by Gasteiger charge is 2.19. The fourth-order valence-corrected chi connectivity index (χ4v) is 2.94. The second-order valence-electron chi connectivity index (χ2n) is 3.35. The number of thioether (sulfide) groups is 1. The van der Waals surface area contributed by atoms with Crippen molar-refractivity contribution in [3.63, 3.8) is 0 Å². The Bertz CT molecular complexity index is 310. The molecular weight excluding hydrogens is 246 g/mol. The van der Waals surface area contributed by atoms with Crippen LogP contribution in [0, 0.1) is 0 Å². The first-order valence-corrected chi connectivity index (χ1v) is 6.14. The van der Waals surface area contributed by atoms with Crippen LogP contribution in [0.4, 0.5) is 5.69 Å². The summed E-state index contributed by atoms with van der Waals surface area (Å²) in [5.41, 5.74) is 6.79. The Morgan fingerprint density at radius 2 is 2.15 bits per heavy atom. The van der Waals surface area contributed by atoms with Gasteiger partial charge in [0, 0.05) is 20.3 Å². The number of anilines is 1. The maximum Gasteiger partial charge on any atom is 0.0463 e. The molecule has 13 heavy (non-hydrogen) atoms. The molecule has 0 aromatic heterocycles. The minimum atomic E-state index is 0.809. The zero-order chi connectivity index (χ0) is 9.26. The molecule has 1 aliphatic rings. The van der Waals surface area contributed by atoms with Crippen molar-refractivity contribution in [2.45, 2.75) is 29.4 Å². The third-order valence-corrected chi connectivity index (χ3v) is 4.24. The van der Waals surface area contributed by atoms with Gasteiger partial charge in [0.15, 0.2) is 0 Å². The van der Waals surface area contributed by atoms with E-state index >= 15 is 0 Å². The van der Waals surface area contributed by atoms with Crippen molar-refractivity contribution in [2.24, 2.45) is 0 Å². The maximum atomic E-state index is 5.90. The zero-order valence-corrected chi connectivity index (χ0v) is 9.70. The summed E-state index contributed by atoms with van der Waals surface area (Å²) in [6, 6.07) is 6.13. The molecule has 3 heteroatoms. The fourth-order valence-electron chi connectivity index (χ4n) is 1.29. The van der Waals surface area contributed by atoms with Gasteiger partial charge >= 0.3 is 0 Å². The first-order chi connectivity index (χ1) is 6.25. The number of nitrogens with two attached hydrogens (primary N) is 1. The van der Waals surface area contributed by atoms with Crippen LogP contribution in [0.5, 0.6) is 0 Å². The standard InChI is InChI=1S/C10H12BrNS/c11-7-4-5-10(9(12)6-7)13-8-2-1-3-8/h4-6,8H,1-3,12H2. The minimum Gasteiger partial charge on any atom is -0.398 e. The summed E-state index contributed by atoms with van der Waals surface area (Å²) >= 11 is 5.32. The molecule has 0 radical (unpaired) electrons. The van der Waals surface area contributed by atoms with Crippen LogP contribution in [0.1, 0.15) is 19.3 Å². The van der Waals surface area contributed by atoms with Crippen LogP contribution in [-0.4, -0.2) is 5.25 Å². The van der Waals surface area contributed by atoms with E-state index in [2.05, 4.69) is 28.1 Å². The first-order valence-electron chi connectivity index (χ1n) is 4.47. The lowest BCUT2D eigenvalue weighted by atomic mass is 10.0. The molecule has 1 saturated carbocycles. The molecule has 1 nitrogen and oxygen atoms in total. The lowest BCUT2D eigenvalue weighted by Gasteiger charge is -2.25. The summed E-state index contributed by atoms with van der Waals surface area (Å²) < 4.78 is 1.06. The molecule has 1 aromatic carbocycles. The van der Waals surface area contributed by atoms with Crippen molar-refractivity contribution >= 4 is 33.4 Å². The summed E-state index contributed by atoms with van der Waals surface area (Å²) in [5.74, 6) is 0. The molecule has 0 aliphatic heterocycles. The largest absolute Gasteiger partial charge is 0.398 e. The van der Waals surface area contributed by atoms with Gasteiger partial charge < -0.3 is 5.73 Å². The van der Waals surface area contributed by atoms with Gasteiger partial charge in [-0.25, -0.2) is 0 Å². The van der Waals surface area contributed by atoms with Crippen molar-refractivity contribution in [3.05, 3.63) is 22.7 Å². The van der Waals surface area contributed by atoms with Crippen molar-refractivity contribution in [3.8, 4) is 0 Å². The van der Waals surface area contributed by atoms with Gasteiger partial charge in [-0.1, -0.05) is 22.4 Å². The molecule has 0 atom stereocenters. The lowest BCUT2D eigenvalue weighted by Crippen LogP contribution is -2.12.